The number of hydrogen-bond acceptors (Lipinski definition) is 7. The van der Waals surface area contributed by atoms with Crippen LogP contribution in [0.25, 0.3) is 0 Å². The number of carbonyl (C=O) groups is 1. The summed E-state index contributed by atoms with van der Waals surface area (Å²) in [6, 6.07) is 5.80. The summed E-state index contributed by atoms with van der Waals surface area (Å²) < 4.78 is 27.3. The predicted molar refractivity (Wildman–Crippen MR) is 104 cm³/mol. The Kier molecular flexibility index (Phi) is 13.3. The third-order valence-corrected chi connectivity index (χ3v) is 3.97. The van der Waals surface area contributed by atoms with Crippen LogP contribution < -0.4 is 9.47 Å². The van der Waals surface area contributed by atoms with Gasteiger partial charge in [-0.15, -0.1) is 0 Å². The largest absolute Gasteiger partial charge is 0.493 e. The normalized spacial score (nSPS) is 11.0. The van der Waals surface area contributed by atoms with E-state index < -0.39 is 0 Å². The minimum Gasteiger partial charge on any atom is -0.493 e. The number of benzene rings is 1. The third-order valence-electron chi connectivity index (χ3n) is 3.97. The summed E-state index contributed by atoms with van der Waals surface area (Å²) in [5, 5.41) is 0. The second-order valence-electron chi connectivity index (χ2n) is 5.97. The van der Waals surface area contributed by atoms with Gasteiger partial charge in [0.15, 0.2) is 11.5 Å². The number of aldehydes is 1. The van der Waals surface area contributed by atoms with Gasteiger partial charge < -0.3 is 28.5 Å². The molecule has 1 aromatic carbocycles. The number of para-hydroxylation sites is 1. The van der Waals surface area contributed by atoms with E-state index in [2.05, 4.69) is 4.90 Å². The van der Waals surface area contributed by atoms with Crippen LogP contribution in [0.3, 0.4) is 0 Å². The van der Waals surface area contributed by atoms with Crippen LogP contribution >= 0.6 is 0 Å². The molecule has 27 heavy (non-hydrogen) atoms. The van der Waals surface area contributed by atoms with Gasteiger partial charge in [0.25, 0.3) is 0 Å². The van der Waals surface area contributed by atoms with Gasteiger partial charge in [0.1, 0.15) is 12.9 Å². The fourth-order valence-corrected chi connectivity index (χ4v) is 2.48. The van der Waals surface area contributed by atoms with Crippen molar-refractivity contribution >= 4 is 6.29 Å². The molecule has 0 saturated carbocycles. The molecule has 1 rings (SSSR count). The zero-order valence-corrected chi connectivity index (χ0v) is 16.8. The number of methoxy groups -OCH3 is 2. The van der Waals surface area contributed by atoms with E-state index in [9.17, 15) is 4.79 Å². The van der Waals surface area contributed by atoms with Gasteiger partial charge >= 0.3 is 0 Å². The van der Waals surface area contributed by atoms with Crippen LogP contribution in [0.1, 0.15) is 12.0 Å². The van der Waals surface area contributed by atoms with Crippen LogP contribution in [0, 0.1) is 6.92 Å². The van der Waals surface area contributed by atoms with Crippen molar-refractivity contribution in [3.63, 3.8) is 0 Å². The monoisotopic (exact) mass is 383 g/mol. The Bertz CT molecular complexity index is 511. The molecule has 7 nitrogen and oxygen atoms in total. The average molecular weight is 383 g/mol. The van der Waals surface area contributed by atoms with E-state index in [4.69, 9.17) is 23.7 Å². The molecule has 0 aliphatic heterocycles. The van der Waals surface area contributed by atoms with Crippen molar-refractivity contribution in [3.8, 4) is 11.5 Å². The molecule has 0 unspecified atom stereocenters. The van der Waals surface area contributed by atoms with Crippen LogP contribution in [-0.4, -0.2) is 84.7 Å². The van der Waals surface area contributed by atoms with Gasteiger partial charge in [0.05, 0.1) is 40.1 Å². The number of rotatable bonds is 17. The predicted octanol–water partition coefficient (Wildman–Crippen LogP) is 1.95. The van der Waals surface area contributed by atoms with Gasteiger partial charge in [0, 0.05) is 33.2 Å². The zero-order chi connectivity index (χ0) is 19.7. The Balaban J connectivity index is 2.07. The van der Waals surface area contributed by atoms with Crippen LogP contribution in [0.15, 0.2) is 18.2 Å². The molecule has 154 valence electrons. The lowest BCUT2D eigenvalue weighted by Crippen LogP contribution is -2.32. The Morgan fingerprint density at radius 2 is 1.63 bits per heavy atom. The molecule has 0 N–H and O–H groups in total. The Hall–Kier alpha value is -1.67. The molecular formula is C20H33NO6. The SMILES string of the molecule is COCCN(CCC=O)CCOCCOCCOc1c(C)cccc1OC. The van der Waals surface area contributed by atoms with Crippen LogP contribution in [0.2, 0.25) is 0 Å². The maximum absolute atomic E-state index is 10.5. The van der Waals surface area contributed by atoms with Gasteiger partial charge in [-0.05, 0) is 18.6 Å². The Labute approximate surface area is 162 Å². The molecule has 0 radical (unpaired) electrons. The van der Waals surface area contributed by atoms with Crippen molar-refractivity contribution in [1.29, 1.82) is 0 Å². The average Bonchev–Trinajstić information content (AvgIpc) is 2.68. The quantitative estimate of drug-likeness (QED) is 0.301. The van der Waals surface area contributed by atoms with Crippen LogP contribution in [0.5, 0.6) is 11.5 Å². The molecule has 7 heteroatoms. The Morgan fingerprint density at radius 1 is 0.926 bits per heavy atom. The molecular weight excluding hydrogens is 350 g/mol. The van der Waals surface area contributed by atoms with Gasteiger partial charge in [-0.3, -0.25) is 4.90 Å². The van der Waals surface area contributed by atoms with E-state index in [1.807, 2.05) is 25.1 Å². The van der Waals surface area contributed by atoms with Gasteiger partial charge in [-0.2, -0.15) is 0 Å². The van der Waals surface area contributed by atoms with Crippen molar-refractivity contribution in [2.75, 3.05) is 73.5 Å². The first-order valence-corrected chi connectivity index (χ1v) is 9.29. The molecule has 0 aliphatic rings. The number of carbonyl (C=O) groups excluding carboxylic acids is 1. The lowest BCUT2D eigenvalue weighted by atomic mass is 10.2. The molecule has 0 amide bonds. The van der Waals surface area contributed by atoms with Crippen molar-refractivity contribution in [2.24, 2.45) is 0 Å². The number of hydrogen-bond donors (Lipinski definition) is 0. The minimum atomic E-state index is 0.456. The molecule has 0 saturated heterocycles. The fourth-order valence-electron chi connectivity index (χ4n) is 2.48. The summed E-state index contributed by atoms with van der Waals surface area (Å²) in [7, 11) is 3.30. The highest BCUT2D eigenvalue weighted by molar-refractivity contribution is 5.49. The van der Waals surface area contributed by atoms with Gasteiger partial charge in [0.2, 0.25) is 0 Å². The number of aryl methyl sites for hydroxylation is 1. The molecule has 0 spiro atoms. The maximum Gasteiger partial charge on any atom is 0.164 e. The lowest BCUT2D eigenvalue weighted by molar-refractivity contribution is -0.108. The highest BCUT2D eigenvalue weighted by Gasteiger charge is 2.07. The first kappa shape index (κ1) is 23.4. The van der Waals surface area contributed by atoms with E-state index in [1.165, 1.54) is 0 Å². The second-order valence-corrected chi connectivity index (χ2v) is 5.97. The molecule has 0 bridgehead atoms. The van der Waals surface area contributed by atoms with E-state index in [-0.39, 0.29) is 0 Å². The summed E-state index contributed by atoms with van der Waals surface area (Å²) >= 11 is 0. The highest BCUT2D eigenvalue weighted by Crippen LogP contribution is 2.30. The zero-order valence-electron chi connectivity index (χ0n) is 16.8. The summed E-state index contributed by atoms with van der Waals surface area (Å²) in [6.07, 6.45) is 1.46. The molecule has 0 aromatic heterocycles. The van der Waals surface area contributed by atoms with Gasteiger partial charge in [-0.25, -0.2) is 0 Å². The molecule has 0 atom stereocenters. The lowest BCUT2D eigenvalue weighted by Gasteiger charge is -2.20. The number of ether oxygens (including phenoxy) is 5. The molecule has 0 heterocycles. The standard InChI is InChI=1S/C20H33NO6/c1-18-6-4-7-19(24-3)20(18)27-17-16-26-15-14-25-13-10-21(8-5-11-22)9-12-23-2/h4,6-7,11H,5,8-10,12-17H2,1-3H3. The third kappa shape index (κ3) is 10.3. The van der Waals surface area contributed by atoms with E-state index in [0.717, 1.165) is 43.0 Å². The van der Waals surface area contributed by atoms with E-state index in [0.29, 0.717) is 46.1 Å². The maximum atomic E-state index is 10.5. The first-order chi connectivity index (χ1) is 13.2. The number of nitrogens with zero attached hydrogens (tertiary/aromatic N) is 1. The molecule has 0 fully saturated rings. The van der Waals surface area contributed by atoms with Crippen molar-refractivity contribution in [3.05, 3.63) is 23.8 Å². The van der Waals surface area contributed by atoms with Crippen LogP contribution in [0.4, 0.5) is 0 Å². The summed E-state index contributed by atoms with van der Waals surface area (Å²) in [5.74, 6) is 1.48. The summed E-state index contributed by atoms with van der Waals surface area (Å²) in [6.45, 7) is 7.51. The minimum absolute atomic E-state index is 0.456. The summed E-state index contributed by atoms with van der Waals surface area (Å²) in [4.78, 5) is 12.7. The van der Waals surface area contributed by atoms with Crippen molar-refractivity contribution in [1.82, 2.24) is 4.90 Å². The van der Waals surface area contributed by atoms with Crippen molar-refractivity contribution in [2.45, 2.75) is 13.3 Å². The highest BCUT2D eigenvalue weighted by atomic mass is 16.6. The smallest absolute Gasteiger partial charge is 0.164 e. The van der Waals surface area contributed by atoms with Crippen molar-refractivity contribution < 1.29 is 28.5 Å². The fraction of sp³-hybridized carbons (Fsp3) is 0.650. The Morgan fingerprint density at radius 3 is 2.33 bits per heavy atom. The molecule has 1 aromatic rings. The van der Waals surface area contributed by atoms with Gasteiger partial charge in [-0.1, -0.05) is 12.1 Å². The van der Waals surface area contributed by atoms with E-state index in [1.54, 1.807) is 14.2 Å². The van der Waals surface area contributed by atoms with Crippen LogP contribution in [-0.2, 0) is 19.0 Å². The van der Waals surface area contributed by atoms with E-state index >= 15 is 0 Å². The molecule has 0 aliphatic carbocycles. The summed E-state index contributed by atoms with van der Waals surface area (Å²) in [5.41, 5.74) is 1.03. The first-order valence-electron chi connectivity index (χ1n) is 9.29. The topological polar surface area (TPSA) is 66.5 Å². The second kappa shape index (κ2) is 15.4.